The van der Waals surface area contributed by atoms with Crippen LogP contribution in [-0.2, 0) is 0 Å². The van der Waals surface area contributed by atoms with E-state index in [2.05, 4.69) is 18.7 Å². The van der Waals surface area contributed by atoms with Crippen LogP contribution in [0.1, 0.15) is 57.3 Å². The molecule has 1 aliphatic heterocycles. The fourth-order valence-corrected chi connectivity index (χ4v) is 2.95. The Morgan fingerprint density at radius 1 is 1.25 bits per heavy atom. The van der Waals surface area contributed by atoms with Gasteiger partial charge < -0.3 is 10.0 Å². The van der Waals surface area contributed by atoms with E-state index in [9.17, 15) is 9.50 Å². The molecule has 1 N–H and O–H groups in total. The minimum Gasteiger partial charge on any atom is -0.389 e. The Kier molecular flexibility index (Phi) is 4.38. The lowest BCUT2D eigenvalue weighted by Crippen LogP contribution is -2.26. The summed E-state index contributed by atoms with van der Waals surface area (Å²) in [6.07, 6.45) is 2.84. The molecule has 1 aliphatic rings. The summed E-state index contributed by atoms with van der Waals surface area (Å²) in [5.41, 5.74) is 2.71. The van der Waals surface area contributed by atoms with Crippen molar-refractivity contribution in [2.75, 3.05) is 18.0 Å². The average molecular weight is 279 g/mol. The average Bonchev–Trinajstić information content (AvgIpc) is 2.53. The highest BCUT2D eigenvalue weighted by atomic mass is 19.1. The molecule has 1 fully saturated rings. The molecule has 20 heavy (non-hydrogen) atoms. The molecule has 0 saturated carbocycles. The Bertz CT molecular complexity index is 482. The number of benzene rings is 1. The molecule has 0 aromatic heterocycles. The van der Waals surface area contributed by atoms with Crippen molar-refractivity contribution in [2.24, 2.45) is 5.41 Å². The molecule has 1 atom stereocenters. The number of aryl methyl sites for hydroxylation is 1. The van der Waals surface area contributed by atoms with Crippen molar-refractivity contribution >= 4 is 5.69 Å². The first-order valence-corrected chi connectivity index (χ1v) is 7.53. The molecule has 0 amide bonds. The number of hydrogen-bond acceptors (Lipinski definition) is 2. The molecule has 0 unspecified atom stereocenters. The maximum Gasteiger partial charge on any atom is 0.126 e. The van der Waals surface area contributed by atoms with Gasteiger partial charge in [-0.1, -0.05) is 13.8 Å². The number of aliphatic hydroxyl groups is 1. The quantitative estimate of drug-likeness (QED) is 0.877. The lowest BCUT2D eigenvalue weighted by Gasteiger charge is -2.28. The first-order valence-electron chi connectivity index (χ1n) is 7.53. The lowest BCUT2D eigenvalue weighted by atomic mass is 9.85. The van der Waals surface area contributed by atoms with Gasteiger partial charge in [-0.25, -0.2) is 4.39 Å². The van der Waals surface area contributed by atoms with Crippen LogP contribution in [0.15, 0.2) is 12.1 Å². The van der Waals surface area contributed by atoms with E-state index >= 15 is 0 Å². The number of nitrogens with zero attached hydrogens (tertiary/aromatic N) is 1. The Labute approximate surface area is 121 Å². The van der Waals surface area contributed by atoms with Crippen molar-refractivity contribution in [3.8, 4) is 0 Å². The first kappa shape index (κ1) is 15.3. The van der Waals surface area contributed by atoms with Gasteiger partial charge in [0, 0.05) is 24.3 Å². The van der Waals surface area contributed by atoms with Crippen LogP contribution >= 0.6 is 0 Å². The normalized spacial score (nSPS) is 20.6. The second-order valence-electron chi connectivity index (χ2n) is 6.84. The van der Waals surface area contributed by atoms with Crippen LogP contribution in [0.3, 0.4) is 0 Å². The topological polar surface area (TPSA) is 23.5 Å². The van der Waals surface area contributed by atoms with Crippen molar-refractivity contribution in [3.63, 3.8) is 0 Å². The van der Waals surface area contributed by atoms with E-state index < -0.39 is 6.10 Å². The highest BCUT2D eigenvalue weighted by Gasteiger charge is 2.25. The summed E-state index contributed by atoms with van der Waals surface area (Å²) in [6.45, 7) is 10.1. The number of aliphatic hydroxyl groups excluding tert-OH is 1. The second-order valence-corrected chi connectivity index (χ2v) is 6.84. The maximum atomic E-state index is 13.8. The fourth-order valence-electron chi connectivity index (χ4n) is 2.95. The van der Waals surface area contributed by atoms with Crippen LogP contribution < -0.4 is 4.90 Å². The third-order valence-electron chi connectivity index (χ3n) is 4.44. The zero-order chi connectivity index (χ0) is 14.9. The predicted octanol–water partition coefficient (Wildman–Crippen LogP) is 4.20. The second kappa shape index (κ2) is 5.72. The summed E-state index contributed by atoms with van der Waals surface area (Å²) in [5.74, 6) is -0.236. The highest BCUT2D eigenvalue weighted by Crippen LogP contribution is 2.35. The molecule has 1 heterocycles. The third-order valence-corrected chi connectivity index (χ3v) is 4.44. The minimum absolute atomic E-state index is 0.236. The van der Waals surface area contributed by atoms with Crippen molar-refractivity contribution in [2.45, 2.75) is 53.1 Å². The summed E-state index contributed by atoms with van der Waals surface area (Å²) in [5, 5.41) is 9.93. The minimum atomic E-state index is -0.642. The Hall–Kier alpha value is -1.09. The van der Waals surface area contributed by atoms with Crippen molar-refractivity contribution in [1.29, 1.82) is 0 Å². The van der Waals surface area contributed by atoms with Crippen LogP contribution in [0, 0.1) is 18.2 Å². The van der Waals surface area contributed by atoms with Crippen LogP contribution in [0.4, 0.5) is 10.1 Å². The zero-order valence-corrected chi connectivity index (χ0v) is 13.0. The van der Waals surface area contributed by atoms with Crippen LogP contribution in [0.25, 0.3) is 0 Å². The molecular formula is C17H26FNO. The molecule has 0 bridgehead atoms. The van der Waals surface area contributed by atoms with Gasteiger partial charge >= 0.3 is 0 Å². The number of rotatable bonds is 2. The largest absolute Gasteiger partial charge is 0.389 e. The van der Waals surface area contributed by atoms with Gasteiger partial charge in [0.05, 0.1) is 6.10 Å². The monoisotopic (exact) mass is 279 g/mol. The summed E-state index contributed by atoms with van der Waals surface area (Å²) >= 11 is 0. The van der Waals surface area contributed by atoms with Gasteiger partial charge in [0.25, 0.3) is 0 Å². The van der Waals surface area contributed by atoms with Crippen LogP contribution in [0.5, 0.6) is 0 Å². The molecule has 2 rings (SSSR count). The van der Waals surface area contributed by atoms with E-state index in [1.807, 2.05) is 6.07 Å². The Balaban J connectivity index is 2.34. The van der Waals surface area contributed by atoms with E-state index in [-0.39, 0.29) is 5.82 Å². The van der Waals surface area contributed by atoms with Gasteiger partial charge in [-0.05, 0) is 56.2 Å². The Morgan fingerprint density at radius 2 is 1.95 bits per heavy atom. The molecular weight excluding hydrogens is 253 g/mol. The number of hydrogen-bond donors (Lipinski definition) is 1. The van der Waals surface area contributed by atoms with Gasteiger partial charge in [-0.2, -0.15) is 0 Å². The number of anilines is 1. The third kappa shape index (κ3) is 3.32. The molecule has 112 valence electrons. The molecule has 1 aromatic carbocycles. The van der Waals surface area contributed by atoms with Crippen LogP contribution in [0.2, 0.25) is 0 Å². The van der Waals surface area contributed by atoms with Crippen molar-refractivity contribution in [3.05, 3.63) is 29.1 Å². The predicted molar refractivity (Wildman–Crippen MR) is 81.6 cm³/mol. The molecule has 1 saturated heterocycles. The van der Waals surface area contributed by atoms with Crippen molar-refractivity contribution in [1.82, 2.24) is 0 Å². The molecule has 0 spiro atoms. The first-order chi connectivity index (χ1) is 9.30. The zero-order valence-electron chi connectivity index (χ0n) is 13.0. The highest BCUT2D eigenvalue weighted by molar-refractivity contribution is 5.57. The van der Waals surface area contributed by atoms with E-state index in [0.29, 0.717) is 16.5 Å². The maximum absolute atomic E-state index is 13.8. The van der Waals surface area contributed by atoms with Gasteiger partial charge in [0.1, 0.15) is 5.82 Å². The molecule has 1 aromatic rings. The molecule has 0 radical (unpaired) electrons. The molecule has 3 heteroatoms. The number of halogens is 1. The summed E-state index contributed by atoms with van der Waals surface area (Å²) in [4.78, 5) is 2.31. The Morgan fingerprint density at radius 3 is 2.60 bits per heavy atom. The van der Waals surface area contributed by atoms with Crippen molar-refractivity contribution < 1.29 is 9.50 Å². The fraction of sp³-hybridized carbons (Fsp3) is 0.647. The SMILES string of the molecule is Cc1cc(N2CCCC(C)(C)CC2)c([C@H](C)O)cc1F. The summed E-state index contributed by atoms with van der Waals surface area (Å²) < 4.78 is 13.8. The van der Waals surface area contributed by atoms with E-state index in [4.69, 9.17) is 0 Å². The molecule has 0 aliphatic carbocycles. The van der Waals surface area contributed by atoms with E-state index in [1.54, 1.807) is 13.8 Å². The summed E-state index contributed by atoms with van der Waals surface area (Å²) in [7, 11) is 0. The standard InChI is InChI=1S/C17H26FNO/c1-12-10-16(14(13(2)20)11-15(12)18)19-8-5-6-17(3,4)7-9-19/h10-11,13,20H,5-9H2,1-4H3/t13-/m0/s1. The van der Waals surface area contributed by atoms with Crippen LogP contribution in [-0.4, -0.2) is 18.2 Å². The lowest BCUT2D eigenvalue weighted by molar-refractivity contribution is 0.199. The van der Waals surface area contributed by atoms with E-state index in [0.717, 1.165) is 31.6 Å². The van der Waals surface area contributed by atoms with Gasteiger partial charge in [-0.15, -0.1) is 0 Å². The molecule has 2 nitrogen and oxygen atoms in total. The van der Waals surface area contributed by atoms with E-state index in [1.165, 1.54) is 12.5 Å². The van der Waals surface area contributed by atoms with Gasteiger partial charge in [-0.3, -0.25) is 0 Å². The smallest absolute Gasteiger partial charge is 0.126 e. The van der Waals surface area contributed by atoms with Gasteiger partial charge in [0.2, 0.25) is 0 Å². The van der Waals surface area contributed by atoms with Gasteiger partial charge in [0.15, 0.2) is 0 Å². The summed E-state index contributed by atoms with van der Waals surface area (Å²) in [6, 6.07) is 3.38.